The topological polar surface area (TPSA) is 24.1 Å². The van der Waals surface area contributed by atoms with Crippen LogP contribution in [0.3, 0.4) is 0 Å². The van der Waals surface area contributed by atoms with Crippen LogP contribution < -0.4 is 10.6 Å². The molecule has 1 aliphatic rings. The summed E-state index contributed by atoms with van der Waals surface area (Å²) in [7, 11) is 0. The van der Waals surface area contributed by atoms with E-state index < -0.39 is 0 Å². The molecule has 1 fully saturated rings. The van der Waals surface area contributed by atoms with Crippen molar-refractivity contribution in [1.29, 1.82) is 0 Å². The van der Waals surface area contributed by atoms with Gasteiger partial charge in [-0.15, -0.1) is 0 Å². The Morgan fingerprint density at radius 1 is 1.33 bits per heavy atom. The van der Waals surface area contributed by atoms with Gasteiger partial charge in [-0.2, -0.15) is 12.6 Å². The monoisotopic (exact) mass is 146 g/mol. The predicted molar refractivity (Wildman–Crippen MR) is 43.1 cm³/mol. The summed E-state index contributed by atoms with van der Waals surface area (Å²) in [6.07, 6.45) is 1.21. The quantitative estimate of drug-likeness (QED) is 0.449. The highest BCUT2D eigenvalue weighted by Gasteiger charge is 2.07. The molecule has 2 N–H and O–H groups in total. The second-order valence-corrected chi connectivity index (χ2v) is 2.74. The van der Waals surface area contributed by atoms with Crippen LogP contribution in [-0.4, -0.2) is 31.4 Å². The van der Waals surface area contributed by atoms with Crippen molar-refractivity contribution < 1.29 is 0 Å². The van der Waals surface area contributed by atoms with E-state index in [1.807, 2.05) is 0 Å². The van der Waals surface area contributed by atoms with Gasteiger partial charge >= 0.3 is 0 Å². The molecular formula is C6H14N2S. The van der Waals surface area contributed by atoms with Crippen molar-refractivity contribution in [3.63, 3.8) is 0 Å². The fourth-order valence-corrected chi connectivity index (χ4v) is 1.34. The van der Waals surface area contributed by atoms with E-state index in [4.69, 9.17) is 0 Å². The number of nitrogens with one attached hydrogen (secondary N) is 2. The van der Waals surface area contributed by atoms with Crippen LogP contribution in [0.2, 0.25) is 0 Å². The lowest BCUT2D eigenvalue weighted by Crippen LogP contribution is -2.31. The molecule has 1 aliphatic heterocycles. The average Bonchev–Trinajstić information content (AvgIpc) is 2.13. The van der Waals surface area contributed by atoms with Gasteiger partial charge in [0.1, 0.15) is 0 Å². The molecule has 0 aromatic rings. The summed E-state index contributed by atoms with van der Waals surface area (Å²) < 4.78 is 0. The second kappa shape index (κ2) is 4.14. The SMILES string of the molecule is SCC1CCNCCN1. The van der Waals surface area contributed by atoms with Crippen LogP contribution in [0, 0.1) is 0 Å². The first-order valence-corrected chi connectivity index (χ1v) is 4.11. The summed E-state index contributed by atoms with van der Waals surface area (Å²) in [4.78, 5) is 0. The van der Waals surface area contributed by atoms with E-state index in [-0.39, 0.29) is 0 Å². The van der Waals surface area contributed by atoms with E-state index in [9.17, 15) is 0 Å². The van der Waals surface area contributed by atoms with Gasteiger partial charge in [-0.25, -0.2) is 0 Å². The number of hydrogen-bond donors (Lipinski definition) is 3. The maximum absolute atomic E-state index is 4.22. The van der Waals surface area contributed by atoms with Crippen LogP contribution in [0.25, 0.3) is 0 Å². The van der Waals surface area contributed by atoms with Crippen LogP contribution in [0.5, 0.6) is 0 Å². The smallest absolute Gasteiger partial charge is 0.0168 e. The van der Waals surface area contributed by atoms with Crippen LogP contribution in [0.4, 0.5) is 0 Å². The molecule has 9 heavy (non-hydrogen) atoms. The van der Waals surface area contributed by atoms with Crippen molar-refractivity contribution in [1.82, 2.24) is 10.6 Å². The third-order valence-electron chi connectivity index (χ3n) is 1.62. The molecule has 0 amide bonds. The zero-order valence-electron chi connectivity index (χ0n) is 5.56. The average molecular weight is 146 g/mol. The fraction of sp³-hybridized carbons (Fsp3) is 1.00. The Balaban J connectivity index is 2.18. The fourth-order valence-electron chi connectivity index (χ4n) is 1.02. The van der Waals surface area contributed by atoms with Gasteiger partial charge in [0.15, 0.2) is 0 Å². The molecule has 0 aliphatic carbocycles. The van der Waals surface area contributed by atoms with Crippen LogP contribution in [0.1, 0.15) is 6.42 Å². The number of hydrogen-bond acceptors (Lipinski definition) is 3. The molecule has 0 bridgehead atoms. The van der Waals surface area contributed by atoms with Gasteiger partial charge in [-0.1, -0.05) is 0 Å². The highest BCUT2D eigenvalue weighted by atomic mass is 32.1. The largest absolute Gasteiger partial charge is 0.315 e. The van der Waals surface area contributed by atoms with E-state index in [0.29, 0.717) is 6.04 Å². The summed E-state index contributed by atoms with van der Waals surface area (Å²) in [5, 5.41) is 6.71. The van der Waals surface area contributed by atoms with Gasteiger partial charge in [0.05, 0.1) is 0 Å². The molecule has 1 atom stereocenters. The maximum atomic E-state index is 4.22. The van der Waals surface area contributed by atoms with Crippen molar-refractivity contribution in [3.8, 4) is 0 Å². The Hall–Kier alpha value is 0.270. The second-order valence-electron chi connectivity index (χ2n) is 2.37. The number of rotatable bonds is 1. The molecule has 0 aromatic heterocycles. The highest BCUT2D eigenvalue weighted by Crippen LogP contribution is 1.94. The zero-order chi connectivity index (χ0) is 6.53. The molecule has 1 saturated heterocycles. The molecule has 1 unspecified atom stereocenters. The molecular weight excluding hydrogens is 132 g/mol. The van der Waals surface area contributed by atoms with Crippen LogP contribution in [-0.2, 0) is 0 Å². The first kappa shape index (κ1) is 7.38. The predicted octanol–water partition coefficient (Wildman–Crippen LogP) is -0.132. The minimum atomic E-state index is 0.628. The highest BCUT2D eigenvalue weighted by molar-refractivity contribution is 7.80. The molecule has 0 aromatic carbocycles. The van der Waals surface area contributed by atoms with Crippen molar-refractivity contribution in [2.75, 3.05) is 25.4 Å². The Morgan fingerprint density at radius 2 is 2.22 bits per heavy atom. The van der Waals surface area contributed by atoms with E-state index >= 15 is 0 Å². The van der Waals surface area contributed by atoms with Crippen LogP contribution in [0.15, 0.2) is 0 Å². The molecule has 0 radical (unpaired) electrons. The number of thiol groups is 1. The third-order valence-corrected chi connectivity index (χ3v) is 2.07. The van der Waals surface area contributed by atoms with Crippen molar-refractivity contribution >= 4 is 12.6 Å². The normalized spacial score (nSPS) is 29.7. The minimum Gasteiger partial charge on any atom is -0.315 e. The zero-order valence-corrected chi connectivity index (χ0v) is 6.45. The molecule has 54 valence electrons. The summed E-state index contributed by atoms with van der Waals surface area (Å²) in [6, 6.07) is 0.628. The van der Waals surface area contributed by atoms with Gasteiger partial charge in [0.2, 0.25) is 0 Å². The molecule has 3 heteroatoms. The molecule has 0 saturated carbocycles. The lowest BCUT2D eigenvalue weighted by Gasteiger charge is -2.10. The lowest BCUT2D eigenvalue weighted by atomic mass is 10.2. The van der Waals surface area contributed by atoms with E-state index in [0.717, 1.165) is 25.4 Å². The van der Waals surface area contributed by atoms with Crippen LogP contribution >= 0.6 is 12.6 Å². The standard InChI is InChI=1S/C6H14N2S/c9-5-6-1-2-7-3-4-8-6/h6-9H,1-5H2. The Labute approximate surface area is 61.8 Å². The summed E-state index contributed by atoms with van der Waals surface area (Å²) in [5.74, 6) is 0.960. The van der Waals surface area contributed by atoms with E-state index in [2.05, 4.69) is 23.3 Å². The van der Waals surface area contributed by atoms with Crippen molar-refractivity contribution in [3.05, 3.63) is 0 Å². The first-order valence-electron chi connectivity index (χ1n) is 3.48. The maximum Gasteiger partial charge on any atom is 0.0168 e. The van der Waals surface area contributed by atoms with Gasteiger partial charge in [-0.05, 0) is 13.0 Å². The minimum absolute atomic E-state index is 0.628. The van der Waals surface area contributed by atoms with Gasteiger partial charge < -0.3 is 10.6 Å². The summed E-state index contributed by atoms with van der Waals surface area (Å²) in [5.41, 5.74) is 0. The molecule has 1 heterocycles. The molecule has 0 spiro atoms. The van der Waals surface area contributed by atoms with E-state index in [1.54, 1.807) is 0 Å². The van der Waals surface area contributed by atoms with Gasteiger partial charge in [0.25, 0.3) is 0 Å². The Kier molecular flexibility index (Phi) is 3.40. The Morgan fingerprint density at radius 3 is 3.00 bits per heavy atom. The third kappa shape index (κ3) is 2.56. The van der Waals surface area contributed by atoms with Gasteiger partial charge in [-0.3, -0.25) is 0 Å². The summed E-state index contributed by atoms with van der Waals surface area (Å²) in [6.45, 7) is 3.33. The van der Waals surface area contributed by atoms with Crippen molar-refractivity contribution in [2.45, 2.75) is 12.5 Å². The van der Waals surface area contributed by atoms with Gasteiger partial charge in [0, 0.05) is 24.9 Å². The molecule has 2 nitrogen and oxygen atoms in total. The molecule has 1 rings (SSSR count). The van der Waals surface area contributed by atoms with Crippen molar-refractivity contribution in [2.24, 2.45) is 0 Å². The lowest BCUT2D eigenvalue weighted by molar-refractivity contribution is 0.574. The first-order chi connectivity index (χ1) is 4.43. The Bertz CT molecular complexity index is 69.5. The van der Waals surface area contributed by atoms with E-state index in [1.165, 1.54) is 6.42 Å². The summed E-state index contributed by atoms with van der Waals surface area (Å²) >= 11 is 4.22.